The number of benzene rings is 3. The molecule has 0 aliphatic heterocycles. The topological polar surface area (TPSA) is 96.0 Å². The van der Waals surface area contributed by atoms with Crippen LogP contribution < -0.4 is 14.4 Å². The highest BCUT2D eigenvalue weighted by atomic mass is 35.5. The highest BCUT2D eigenvalue weighted by Crippen LogP contribution is 2.27. The summed E-state index contributed by atoms with van der Waals surface area (Å²) in [4.78, 5) is 28.6. The minimum Gasteiger partial charge on any atom is -0.494 e. The van der Waals surface area contributed by atoms with Crippen molar-refractivity contribution in [2.75, 3.05) is 17.5 Å². The second-order valence-electron chi connectivity index (χ2n) is 9.75. The number of nitrogens with zero attached hydrogens (tertiary/aromatic N) is 2. The van der Waals surface area contributed by atoms with E-state index in [1.807, 2.05) is 20.8 Å². The Kier molecular flexibility index (Phi) is 11.8. The van der Waals surface area contributed by atoms with Crippen molar-refractivity contribution >= 4 is 39.1 Å². The van der Waals surface area contributed by atoms with Gasteiger partial charge < -0.3 is 15.0 Å². The standard InChI is InChI=1S/C31H37ClFN3O5S/c1-5-22(4)34-31(38)29(6-2)35(20-23-10-8-9-11-28(23)32)30(37)21-36(25-14-16-26(17-15-25)41-7-3)42(39,40)27-18-12-24(33)13-19-27/h8-19,22,29H,5-7,20-21H2,1-4H3,(H,34,38)/t22-,29-/m1/s1. The molecule has 1 N–H and O–H groups in total. The average molecular weight is 618 g/mol. The molecule has 0 fully saturated rings. The molecule has 3 aromatic rings. The summed E-state index contributed by atoms with van der Waals surface area (Å²) in [7, 11) is -4.33. The molecule has 0 aliphatic rings. The molecule has 2 atom stereocenters. The van der Waals surface area contributed by atoms with Gasteiger partial charge in [0, 0.05) is 17.6 Å². The van der Waals surface area contributed by atoms with Crippen LogP contribution in [-0.4, -0.2) is 50.4 Å². The lowest BCUT2D eigenvalue weighted by Crippen LogP contribution is -2.53. The molecule has 11 heteroatoms. The summed E-state index contributed by atoms with van der Waals surface area (Å²) >= 11 is 6.43. The molecule has 0 spiro atoms. The second-order valence-corrected chi connectivity index (χ2v) is 12.0. The normalized spacial score (nSPS) is 12.7. The minimum absolute atomic E-state index is 0.0152. The van der Waals surface area contributed by atoms with Crippen LogP contribution in [0.4, 0.5) is 10.1 Å². The van der Waals surface area contributed by atoms with Gasteiger partial charge in [0.05, 0.1) is 17.2 Å². The number of carbonyl (C=O) groups excluding carboxylic acids is 2. The molecule has 42 heavy (non-hydrogen) atoms. The van der Waals surface area contributed by atoms with Crippen LogP contribution in [0.1, 0.15) is 46.1 Å². The van der Waals surface area contributed by atoms with E-state index in [-0.39, 0.29) is 35.5 Å². The zero-order chi connectivity index (χ0) is 30.9. The monoisotopic (exact) mass is 617 g/mol. The summed E-state index contributed by atoms with van der Waals surface area (Å²) in [5.41, 5.74) is 0.808. The third-order valence-corrected chi connectivity index (χ3v) is 8.96. The van der Waals surface area contributed by atoms with Crippen LogP contribution in [0, 0.1) is 5.82 Å². The van der Waals surface area contributed by atoms with Crippen LogP contribution in [0.3, 0.4) is 0 Å². The largest absolute Gasteiger partial charge is 0.494 e. The molecule has 0 heterocycles. The summed E-state index contributed by atoms with van der Waals surface area (Å²) in [6, 6.07) is 16.6. The van der Waals surface area contributed by atoms with Gasteiger partial charge in [0.15, 0.2) is 0 Å². The minimum atomic E-state index is -4.33. The number of amides is 2. The Balaban J connectivity index is 2.07. The van der Waals surface area contributed by atoms with Crippen molar-refractivity contribution in [1.29, 1.82) is 0 Å². The average Bonchev–Trinajstić information content (AvgIpc) is 2.97. The lowest BCUT2D eigenvalue weighted by Gasteiger charge is -2.34. The van der Waals surface area contributed by atoms with Gasteiger partial charge in [0.1, 0.15) is 24.2 Å². The van der Waals surface area contributed by atoms with Crippen molar-refractivity contribution < 1.29 is 27.1 Å². The zero-order valence-corrected chi connectivity index (χ0v) is 25.8. The van der Waals surface area contributed by atoms with Gasteiger partial charge in [-0.25, -0.2) is 12.8 Å². The molecule has 8 nitrogen and oxygen atoms in total. The van der Waals surface area contributed by atoms with Crippen LogP contribution in [0.25, 0.3) is 0 Å². The molecule has 3 aromatic carbocycles. The molecular formula is C31H37ClFN3O5S. The first kappa shape index (κ1) is 32.9. The number of sulfonamides is 1. The maximum Gasteiger partial charge on any atom is 0.264 e. The Bertz CT molecular complexity index is 1450. The van der Waals surface area contributed by atoms with E-state index in [1.54, 1.807) is 43.3 Å². The van der Waals surface area contributed by atoms with Crippen LogP contribution in [-0.2, 0) is 26.2 Å². The lowest BCUT2D eigenvalue weighted by molar-refractivity contribution is -0.140. The fourth-order valence-electron chi connectivity index (χ4n) is 4.31. The Morgan fingerprint density at radius 3 is 2.17 bits per heavy atom. The smallest absolute Gasteiger partial charge is 0.264 e. The van der Waals surface area contributed by atoms with Crippen LogP contribution in [0.15, 0.2) is 77.7 Å². The maximum atomic E-state index is 14.1. The van der Waals surface area contributed by atoms with E-state index in [0.29, 0.717) is 29.4 Å². The van der Waals surface area contributed by atoms with E-state index in [1.165, 1.54) is 17.0 Å². The third-order valence-electron chi connectivity index (χ3n) is 6.80. The molecule has 226 valence electrons. The molecule has 0 unspecified atom stereocenters. The van der Waals surface area contributed by atoms with Crippen LogP contribution >= 0.6 is 11.6 Å². The van der Waals surface area contributed by atoms with Crippen molar-refractivity contribution in [3.63, 3.8) is 0 Å². The Hall–Kier alpha value is -3.63. The first-order valence-corrected chi connectivity index (χ1v) is 15.7. The van der Waals surface area contributed by atoms with Gasteiger partial charge in [-0.2, -0.15) is 0 Å². The van der Waals surface area contributed by atoms with Crippen molar-refractivity contribution in [1.82, 2.24) is 10.2 Å². The first-order valence-electron chi connectivity index (χ1n) is 13.9. The summed E-state index contributed by atoms with van der Waals surface area (Å²) in [5, 5.41) is 3.35. The second kappa shape index (κ2) is 15.0. The Morgan fingerprint density at radius 1 is 0.952 bits per heavy atom. The number of ether oxygens (including phenoxy) is 1. The number of anilines is 1. The molecule has 3 rings (SSSR count). The SMILES string of the molecule is CCOc1ccc(N(CC(=O)N(Cc2ccccc2Cl)[C@H](CC)C(=O)N[C@H](C)CC)S(=O)(=O)c2ccc(F)cc2)cc1. The van der Waals surface area contributed by atoms with Crippen LogP contribution in [0.2, 0.25) is 5.02 Å². The van der Waals surface area contributed by atoms with E-state index >= 15 is 0 Å². The number of carbonyl (C=O) groups is 2. The van der Waals surface area contributed by atoms with E-state index in [2.05, 4.69) is 5.32 Å². The number of hydrogen-bond acceptors (Lipinski definition) is 5. The van der Waals surface area contributed by atoms with Gasteiger partial charge in [-0.15, -0.1) is 0 Å². The summed E-state index contributed by atoms with van der Waals surface area (Å²) in [6.45, 7) is 7.20. The molecule has 0 saturated carbocycles. The van der Waals surface area contributed by atoms with Gasteiger partial charge in [0.2, 0.25) is 11.8 Å². The fourth-order valence-corrected chi connectivity index (χ4v) is 5.92. The van der Waals surface area contributed by atoms with E-state index in [9.17, 15) is 22.4 Å². The number of halogens is 2. The summed E-state index contributed by atoms with van der Waals surface area (Å²) in [5.74, 6) is -1.02. The maximum absolute atomic E-state index is 14.1. The van der Waals surface area contributed by atoms with Gasteiger partial charge in [-0.1, -0.05) is 43.6 Å². The Labute approximate surface area is 252 Å². The quantitative estimate of drug-likeness (QED) is 0.247. The molecule has 2 amide bonds. The van der Waals surface area contributed by atoms with Gasteiger partial charge in [-0.3, -0.25) is 13.9 Å². The van der Waals surface area contributed by atoms with E-state index < -0.39 is 34.3 Å². The number of nitrogens with one attached hydrogen (secondary N) is 1. The molecule has 0 radical (unpaired) electrons. The number of rotatable bonds is 14. The lowest BCUT2D eigenvalue weighted by atomic mass is 10.1. The summed E-state index contributed by atoms with van der Waals surface area (Å²) < 4.78 is 47.9. The predicted octanol–water partition coefficient (Wildman–Crippen LogP) is 5.80. The molecule has 0 aromatic heterocycles. The fraction of sp³-hybridized carbons (Fsp3) is 0.355. The molecule has 0 bridgehead atoms. The van der Waals surface area contributed by atoms with Crippen molar-refractivity contribution in [2.24, 2.45) is 0 Å². The van der Waals surface area contributed by atoms with Gasteiger partial charge in [-0.05, 0) is 86.8 Å². The number of hydrogen-bond donors (Lipinski definition) is 1. The van der Waals surface area contributed by atoms with Gasteiger partial charge in [0.25, 0.3) is 10.0 Å². The first-order chi connectivity index (χ1) is 20.0. The highest BCUT2D eigenvalue weighted by molar-refractivity contribution is 7.92. The zero-order valence-electron chi connectivity index (χ0n) is 24.2. The molecular weight excluding hydrogens is 581 g/mol. The van der Waals surface area contributed by atoms with E-state index in [4.69, 9.17) is 16.3 Å². The molecule has 0 aliphatic carbocycles. The molecule has 0 saturated heterocycles. The van der Waals surface area contributed by atoms with Gasteiger partial charge >= 0.3 is 0 Å². The van der Waals surface area contributed by atoms with E-state index in [0.717, 1.165) is 28.6 Å². The third kappa shape index (κ3) is 8.23. The Morgan fingerprint density at radius 2 is 1.60 bits per heavy atom. The summed E-state index contributed by atoms with van der Waals surface area (Å²) in [6.07, 6.45) is 0.980. The van der Waals surface area contributed by atoms with Crippen molar-refractivity contribution in [2.45, 2.75) is 64.1 Å². The van der Waals surface area contributed by atoms with Crippen LogP contribution in [0.5, 0.6) is 5.75 Å². The predicted molar refractivity (Wildman–Crippen MR) is 163 cm³/mol. The highest BCUT2D eigenvalue weighted by Gasteiger charge is 2.34. The van der Waals surface area contributed by atoms with Crippen molar-refractivity contribution in [3.8, 4) is 5.75 Å². The van der Waals surface area contributed by atoms with Crippen molar-refractivity contribution in [3.05, 3.63) is 89.2 Å².